The van der Waals surface area contributed by atoms with Gasteiger partial charge >= 0.3 is 0 Å². The van der Waals surface area contributed by atoms with Crippen LogP contribution in [-0.4, -0.2) is 54.4 Å². The van der Waals surface area contributed by atoms with Crippen molar-refractivity contribution in [3.05, 3.63) is 30.3 Å². The smallest absolute Gasteiger partial charge is 0.144 e. The zero-order valence-electron chi connectivity index (χ0n) is 13.1. The topological polar surface area (TPSA) is 23.6 Å². The van der Waals surface area contributed by atoms with Crippen LogP contribution in [0.5, 0.6) is 0 Å². The highest BCUT2D eigenvalue weighted by Crippen LogP contribution is 2.16. The first-order chi connectivity index (χ1) is 10.1. The maximum absolute atomic E-state index is 11.8. The number of hydrogen-bond donors (Lipinski definition) is 0. The number of ketones is 1. The summed E-state index contributed by atoms with van der Waals surface area (Å²) in [4.78, 5) is 16.7. The number of benzene rings is 1. The van der Waals surface area contributed by atoms with E-state index >= 15 is 0 Å². The number of Topliss-reactive ketones (excluding diaryl/α,β-unsaturated/α-hetero) is 1. The number of carbonyl (C=O) groups is 1. The van der Waals surface area contributed by atoms with Crippen LogP contribution < -0.4 is 4.90 Å². The number of thioether (sulfide) groups is 1. The molecule has 3 nitrogen and oxygen atoms in total. The largest absolute Gasteiger partial charge is 0.369 e. The van der Waals surface area contributed by atoms with Gasteiger partial charge in [-0.3, -0.25) is 9.69 Å². The van der Waals surface area contributed by atoms with E-state index < -0.39 is 0 Å². The monoisotopic (exact) mass is 306 g/mol. The van der Waals surface area contributed by atoms with Crippen molar-refractivity contribution in [3.8, 4) is 0 Å². The van der Waals surface area contributed by atoms with Crippen molar-refractivity contribution in [2.45, 2.75) is 25.5 Å². The van der Waals surface area contributed by atoms with E-state index in [-0.39, 0.29) is 0 Å². The molecular formula is C17H26N2OS. The zero-order chi connectivity index (χ0) is 15.1. The fourth-order valence-corrected chi connectivity index (χ4v) is 3.15. The summed E-state index contributed by atoms with van der Waals surface area (Å²) in [5, 5.41) is 0.545. The van der Waals surface area contributed by atoms with Gasteiger partial charge in [-0.1, -0.05) is 32.0 Å². The molecule has 0 saturated carbocycles. The van der Waals surface area contributed by atoms with Crippen LogP contribution in [0.2, 0.25) is 0 Å². The molecule has 1 aromatic carbocycles. The molecule has 1 aliphatic heterocycles. The number of nitrogens with zero attached hydrogens (tertiary/aromatic N) is 2. The second kappa shape index (κ2) is 8.44. The lowest BCUT2D eigenvalue weighted by Gasteiger charge is -2.36. The normalized spacial score (nSPS) is 16.4. The minimum absolute atomic E-state index is 0.388. The Morgan fingerprint density at radius 1 is 1.14 bits per heavy atom. The van der Waals surface area contributed by atoms with Crippen LogP contribution in [0.3, 0.4) is 0 Å². The van der Waals surface area contributed by atoms with Crippen LogP contribution in [0.1, 0.15) is 20.3 Å². The Hall–Kier alpha value is -1.00. The fraction of sp³-hybridized carbons (Fsp3) is 0.588. The predicted molar refractivity (Wildman–Crippen MR) is 92.3 cm³/mol. The highest BCUT2D eigenvalue weighted by molar-refractivity contribution is 8.00. The first-order valence-corrected chi connectivity index (χ1v) is 8.85. The minimum Gasteiger partial charge on any atom is -0.369 e. The van der Waals surface area contributed by atoms with E-state index in [4.69, 9.17) is 0 Å². The molecule has 0 aromatic heterocycles. The van der Waals surface area contributed by atoms with Crippen molar-refractivity contribution in [2.24, 2.45) is 0 Å². The molecule has 0 spiro atoms. The van der Waals surface area contributed by atoms with Gasteiger partial charge in [0, 0.05) is 44.8 Å². The van der Waals surface area contributed by atoms with Gasteiger partial charge in [-0.25, -0.2) is 0 Å². The van der Waals surface area contributed by atoms with Gasteiger partial charge in [0.2, 0.25) is 0 Å². The summed E-state index contributed by atoms with van der Waals surface area (Å²) < 4.78 is 0. The van der Waals surface area contributed by atoms with E-state index in [0.717, 1.165) is 32.7 Å². The number of piperazine rings is 1. The maximum atomic E-state index is 11.8. The van der Waals surface area contributed by atoms with Crippen molar-refractivity contribution in [1.82, 2.24) is 4.90 Å². The van der Waals surface area contributed by atoms with Gasteiger partial charge in [-0.15, -0.1) is 0 Å². The van der Waals surface area contributed by atoms with Gasteiger partial charge in [0.25, 0.3) is 0 Å². The summed E-state index contributed by atoms with van der Waals surface area (Å²) in [6, 6.07) is 10.6. The van der Waals surface area contributed by atoms with Gasteiger partial charge < -0.3 is 4.90 Å². The first-order valence-electron chi connectivity index (χ1n) is 7.81. The molecule has 2 rings (SSSR count). The van der Waals surface area contributed by atoms with E-state index in [2.05, 4.69) is 54.0 Å². The van der Waals surface area contributed by atoms with Crippen LogP contribution in [0.25, 0.3) is 0 Å². The molecule has 0 N–H and O–H groups in total. The Balaban J connectivity index is 1.66. The third-order valence-corrected chi connectivity index (χ3v) is 4.93. The SMILES string of the molecule is CC(C)SCC(=O)CCN1CCN(c2ccccc2)CC1. The van der Waals surface area contributed by atoms with Crippen LogP contribution in [0, 0.1) is 0 Å². The summed E-state index contributed by atoms with van der Waals surface area (Å²) in [5.41, 5.74) is 1.31. The second-order valence-corrected chi connectivity index (χ2v) is 7.38. The Morgan fingerprint density at radius 2 is 1.81 bits per heavy atom. The molecule has 0 radical (unpaired) electrons. The average Bonchev–Trinajstić information content (AvgIpc) is 2.52. The third kappa shape index (κ3) is 5.71. The number of hydrogen-bond acceptors (Lipinski definition) is 4. The highest BCUT2D eigenvalue weighted by atomic mass is 32.2. The zero-order valence-corrected chi connectivity index (χ0v) is 13.9. The lowest BCUT2D eigenvalue weighted by Crippen LogP contribution is -2.47. The molecule has 0 unspecified atom stereocenters. The summed E-state index contributed by atoms with van der Waals surface area (Å²) in [6.45, 7) is 9.42. The second-order valence-electron chi connectivity index (χ2n) is 5.81. The van der Waals surface area contributed by atoms with E-state index in [1.807, 2.05) is 0 Å². The molecule has 0 atom stereocenters. The van der Waals surface area contributed by atoms with E-state index in [0.29, 0.717) is 23.2 Å². The number of anilines is 1. The Labute approximate surface area is 132 Å². The highest BCUT2D eigenvalue weighted by Gasteiger charge is 2.17. The fourth-order valence-electron chi connectivity index (χ4n) is 2.48. The summed E-state index contributed by atoms with van der Waals surface area (Å²) >= 11 is 1.75. The predicted octanol–water partition coefficient (Wildman–Crippen LogP) is 2.91. The first kappa shape index (κ1) is 16.4. The summed E-state index contributed by atoms with van der Waals surface area (Å²) in [5.74, 6) is 1.06. The minimum atomic E-state index is 0.388. The van der Waals surface area contributed by atoms with Crippen molar-refractivity contribution in [3.63, 3.8) is 0 Å². The van der Waals surface area contributed by atoms with Crippen LogP contribution in [0.15, 0.2) is 30.3 Å². The molecule has 1 heterocycles. The quantitative estimate of drug-likeness (QED) is 0.773. The van der Waals surface area contributed by atoms with E-state index in [9.17, 15) is 4.79 Å². The lowest BCUT2D eigenvalue weighted by molar-refractivity contribution is -0.116. The molecule has 4 heteroatoms. The van der Waals surface area contributed by atoms with E-state index in [1.54, 1.807) is 11.8 Å². The summed E-state index contributed by atoms with van der Waals surface area (Å²) in [6.07, 6.45) is 0.699. The van der Waals surface area contributed by atoms with E-state index in [1.165, 1.54) is 5.69 Å². The molecule has 0 bridgehead atoms. The van der Waals surface area contributed by atoms with Crippen LogP contribution in [-0.2, 0) is 4.79 Å². The number of para-hydroxylation sites is 1. The number of carbonyl (C=O) groups excluding carboxylic acids is 1. The number of rotatable bonds is 7. The Kier molecular flexibility index (Phi) is 6.58. The van der Waals surface area contributed by atoms with Gasteiger partial charge in [0.15, 0.2) is 0 Å². The average molecular weight is 306 g/mol. The lowest BCUT2D eigenvalue weighted by atomic mass is 10.2. The van der Waals surface area contributed by atoms with Crippen molar-refractivity contribution < 1.29 is 4.79 Å². The van der Waals surface area contributed by atoms with Gasteiger partial charge in [-0.05, 0) is 17.4 Å². The van der Waals surface area contributed by atoms with Crippen molar-refractivity contribution in [2.75, 3.05) is 43.4 Å². The Morgan fingerprint density at radius 3 is 2.43 bits per heavy atom. The molecule has 1 fully saturated rings. The molecule has 21 heavy (non-hydrogen) atoms. The van der Waals surface area contributed by atoms with Crippen molar-refractivity contribution in [1.29, 1.82) is 0 Å². The molecule has 0 amide bonds. The standard InChI is InChI=1S/C17H26N2OS/c1-15(2)21-14-17(20)8-9-18-10-12-19(13-11-18)16-6-4-3-5-7-16/h3-7,15H,8-14H2,1-2H3. The van der Waals surface area contributed by atoms with Gasteiger partial charge in [-0.2, -0.15) is 11.8 Å². The summed E-state index contributed by atoms with van der Waals surface area (Å²) in [7, 11) is 0. The Bertz CT molecular complexity index is 428. The maximum Gasteiger partial charge on any atom is 0.144 e. The molecule has 116 valence electrons. The molecule has 1 aliphatic rings. The van der Waals surface area contributed by atoms with Crippen LogP contribution >= 0.6 is 11.8 Å². The molecule has 0 aliphatic carbocycles. The molecular weight excluding hydrogens is 280 g/mol. The third-order valence-electron chi connectivity index (χ3n) is 3.78. The van der Waals surface area contributed by atoms with Gasteiger partial charge in [0.05, 0.1) is 5.75 Å². The molecule has 1 saturated heterocycles. The van der Waals surface area contributed by atoms with Crippen molar-refractivity contribution >= 4 is 23.2 Å². The van der Waals surface area contributed by atoms with Crippen LogP contribution in [0.4, 0.5) is 5.69 Å². The van der Waals surface area contributed by atoms with Gasteiger partial charge in [0.1, 0.15) is 5.78 Å². The molecule has 1 aromatic rings.